The number of ether oxygens (including phenoxy) is 1. The van der Waals surface area contributed by atoms with Crippen LogP contribution in [0.25, 0.3) is 0 Å². The summed E-state index contributed by atoms with van der Waals surface area (Å²) in [6.07, 6.45) is 1.58. The summed E-state index contributed by atoms with van der Waals surface area (Å²) < 4.78 is 33.1. The topological polar surface area (TPSA) is 52.3 Å². The van der Waals surface area contributed by atoms with Gasteiger partial charge in [0.25, 0.3) is 0 Å². The summed E-state index contributed by atoms with van der Waals surface area (Å²) in [5, 5.41) is 0. The van der Waals surface area contributed by atoms with Gasteiger partial charge in [-0.15, -0.1) is 0 Å². The monoisotopic (exact) mass is 465 g/mol. The number of nitrogens with two attached hydrogens (primary N) is 1. The number of likely N-dealkylation sites (tertiary alicyclic amines) is 1. The largest absolute Gasteiger partial charge is 0.493 e. The van der Waals surface area contributed by atoms with Gasteiger partial charge in [0, 0.05) is 37.0 Å². The molecule has 1 fully saturated rings. The predicted molar refractivity (Wildman–Crippen MR) is 128 cm³/mol. The van der Waals surface area contributed by atoms with Crippen LogP contribution >= 0.6 is 0 Å². The summed E-state index contributed by atoms with van der Waals surface area (Å²) >= 11 is 0. The number of halogens is 2. The SMILES string of the molecule is C[N+]1(CCCOc2cc(F)cc(F)c2)CCC(C(C(N)=O)(c2ccccc2)c2ccccc2)C1. The first kappa shape index (κ1) is 23.9. The summed E-state index contributed by atoms with van der Waals surface area (Å²) in [6.45, 7) is 2.89. The lowest BCUT2D eigenvalue weighted by Gasteiger charge is -2.38. The van der Waals surface area contributed by atoms with E-state index in [-0.39, 0.29) is 17.6 Å². The molecule has 6 heteroatoms. The van der Waals surface area contributed by atoms with Gasteiger partial charge >= 0.3 is 0 Å². The van der Waals surface area contributed by atoms with Crippen LogP contribution in [0.4, 0.5) is 8.78 Å². The van der Waals surface area contributed by atoms with Gasteiger partial charge in [0.05, 0.1) is 33.3 Å². The minimum Gasteiger partial charge on any atom is -0.493 e. The second kappa shape index (κ2) is 9.94. The predicted octanol–water partition coefficient (Wildman–Crippen LogP) is 4.67. The van der Waals surface area contributed by atoms with Gasteiger partial charge in [-0.2, -0.15) is 0 Å². The van der Waals surface area contributed by atoms with Crippen LogP contribution in [0, 0.1) is 17.6 Å². The molecule has 3 aromatic carbocycles. The van der Waals surface area contributed by atoms with Gasteiger partial charge in [-0.25, -0.2) is 8.78 Å². The number of quaternary nitrogens is 1. The zero-order valence-corrected chi connectivity index (χ0v) is 19.4. The molecular weight excluding hydrogens is 434 g/mol. The van der Waals surface area contributed by atoms with Crippen molar-refractivity contribution in [3.8, 4) is 5.75 Å². The summed E-state index contributed by atoms with van der Waals surface area (Å²) in [6, 6.07) is 22.9. The number of primary amides is 1. The Hall–Kier alpha value is -3.25. The molecule has 0 aliphatic carbocycles. The standard InChI is InChI=1S/C28H30F2N2O2/c1-32(14-8-16-34-26-18-24(29)17-25(30)19-26)15-13-23(20-32)28(27(31)33,21-9-4-2-5-10-21)22-11-6-3-7-12-22/h2-7,9-12,17-19,23H,8,13-16,20H2,1H3,(H-,31,33)/p+1. The van der Waals surface area contributed by atoms with Gasteiger partial charge in [0.15, 0.2) is 0 Å². The van der Waals surface area contributed by atoms with E-state index in [0.717, 1.165) is 54.2 Å². The average Bonchev–Trinajstić information content (AvgIpc) is 3.20. The second-order valence-corrected chi connectivity index (χ2v) is 9.45. The van der Waals surface area contributed by atoms with Crippen molar-refractivity contribution in [2.45, 2.75) is 18.3 Å². The minimum absolute atomic E-state index is 0.0398. The Morgan fingerprint density at radius 2 is 1.56 bits per heavy atom. The van der Waals surface area contributed by atoms with E-state index in [2.05, 4.69) is 7.05 Å². The van der Waals surface area contributed by atoms with Crippen LogP contribution in [0.2, 0.25) is 0 Å². The van der Waals surface area contributed by atoms with Crippen LogP contribution < -0.4 is 10.5 Å². The van der Waals surface area contributed by atoms with E-state index >= 15 is 0 Å². The van der Waals surface area contributed by atoms with Crippen molar-refractivity contribution < 1.29 is 22.8 Å². The Bertz CT molecular complexity index is 1060. The lowest BCUT2D eigenvalue weighted by Crippen LogP contribution is -2.51. The van der Waals surface area contributed by atoms with Crippen LogP contribution in [0.5, 0.6) is 5.75 Å². The van der Waals surface area contributed by atoms with Gasteiger partial charge in [0.2, 0.25) is 5.91 Å². The van der Waals surface area contributed by atoms with E-state index in [9.17, 15) is 13.6 Å². The fourth-order valence-electron chi connectivity index (χ4n) is 5.51. The third kappa shape index (κ3) is 4.82. The Kier molecular flexibility index (Phi) is 6.98. The minimum atomic E-state index is -0.909. The summed E-state index contributed by atoms with van der Waals surface area (Å²) in [5.41, 5.74) is 7.12. The lowest BCUT2D eigenvalue weighted by molar-refractivity contribution is -0.899. The summed E-state index contributed by atoms with van der Waals surface area (Å²) in [5.74, 6) is -1.40. The van der Waals surface area contributed by atoms with Crippen molar-refractivity contribution in [2.24, 2.45) is 11.7 Å². The van der Waals surface area contributed by atoms with Gasteiger partial charge in [-0.05, 0) is 11.1 Å². The molecule has 2 N–H and O–H groups in total. The number of hydrogen-bond acceptors (Lipinski definition) is 2. The molecule has 1 saturated heterocycles. The number of amides is 1. The molecule has 0 saturated carbocycles. The quantitative estimate of drug-likeness (QED) is 0.369. The van der Waals surface area contributed by atoms with E-state index < -0.39 is 17.0 Å². The highest BCUT2D eigenvalue weighted by molar-refractivity contribution is 5.91. The first-order chi connectivity index (χ1) is 16.3. The van der Waals surface area contributed by atoms with E-state index in [4.69, 9.17) is 10.5 Å². The van der Waals surface area contributed by atoms with Crippen molar-refractivity contribution in [1.82, 2.24) is 0 Å². The van der Waals surface area contributed by atoms with E-state index in [1.165, 1.54) is 12.1 Å². The van der Waals surface area contributed by atoms with Crippen molar-refractivity contribution in [2.75, 3.05) is 33.3 Å². The van der Waals surface area contributed by atoms with Crippen LogP contribution in [0.1, 0.15) is 24.0 Å². The number of rotatable bonds is 9. The van der Waals surface area contributed by atoms with Crippen molar-refractivity contribution in [1.29, 1.82) is 0 Å². The second-order valence-electron chi connectivity index (χ2n) is 9.45. The van der Waals surface area contributed by atoms with Crippen LogP contribution in [0.15, 0.2) is 78.9 Å². The van der Waals surface area contributed by atoms with Gasteiger partial charge in [-0.3, -0.25) is 4.79 Å². The number of nitrogens with zero attached hydrogens (tertiary/aromatic N) is 1. The Morgan fingerprint density at radius 3 is 2.09 bits per heavy atom. The highest BCUT2D eigenvalue weighted by Crippen LogP contribution is 2.45. The first-order valence-corrected chi connectivity index (χ1v) is 11.7. The molecule has 2 atom stereocenters. The average molecular weight is 466 g/mol. The molecule has 34 heavy (non-hydrogen) atoms. The Balaban J connectivity index is 1.51. The molecular formula is C28H31F2N2O2+. The number of carbonyl (C=O) groups is 1. The number of carbonyl (C=O) groups excluding carboxylic acids is 1. The van der Waals surface area contributed by atoms with Crippen LogP contribution in [-0.4, -0.2) is 43.7 Å². The molecule has 2 unspecified atom stereocenters. The molecule has 178 valence electrons. The smallest absolute Gasteiger partial charge is 0.233 e. The normalized spacial score (nSPS) is 20.3. The van der Waals surface area contributed by atoms with E-state index in [1.807, 2.05) is 60.7 Å². The highest BCUT2D eigenvalue weighted by atomic mass is 19.1. The molecule has 0 spiro atoms. The maximum Gasteiger partial charge on any atom is 0.233 e. The van der Waals surface area contributed by atoms with Crippen LogP contribution in [0.3, 0.4) is 0 Å². The molecule has 0 aromatic heterocycles. The van der Waals surface area contributed by atoms with Gasteiger partial charge in [-0.1, -0.05) is 60.7 Å². The molecule has 1 amide bonds. The maximum absolute atomic E-state index is 13.4. The first-order valence-electron chi connectivity index (χ1n) is 11.7. The molecule has 1 aliphatic rings. The van der Waals surface area contributed by atoms with E-state index in [0.29, 0.717) is 6.61 Å². The Labute approximate surface area is 199 Å². The number of hydrogen-bond donors (Lipinski definition) is 1. The maximum atomic E-state index is 13.4. The fourth-order valence-corrected chi connectivity index (χ4v) is 5.51. The fraction of sp³-hybridized carbons (Fsp3) is 0.321. The highest BCUT2D eigenvalue weighted by Gasteiger charge is 2.53. The van der Waals surface area contributed by atoms with E-state index in [1.54, 1.807) is 0 Å². The summed E-state index contributed by atoms with van der Waals surface area (Å²) in [7, 11) is 2.18. The zero-order valence-electron chi connectivity index (χ0n) is 19.4. The van der Waals surface area contributed by atoms with Crippen molar-refractivity contribution in [3.05, 3.63) is 102 Å². The molecule has 3 aromatic rings. The molecule has 0 radical (unpaired) electrons. The Morgan fingerprint density at radius 1 is 1.00 bits per heavy atom. The summed E-state index contributed by atoms with van der Waals surface area (Å²) in [4.78, 5) is 13.2. The molecule has 1 aliphatic heterocycles. The van der Waals surface area contributed by atoms with Gasteiger partial charge in [0.1, 0.15) is 22.8 Å². The molecule has 4 rings (SSSR count). The number of benzene rings is 3. The third-order valence-corrected chi connectivity index (χ3v) is 7.08. The van der Waals surface area contributed by atoms with Crippen LogP contribution in [-0.2, 0) is 10.2 Å². The third-order valence-electron chi connectivity index (χ3n) is 7.08. The zero-order chi connectivity index (χ0) is 24.2. The van der Waals surface area contributed by atoms with Crippen molar-refractivity contribution >= 4 is 5.91 Å². The van der Waals surface area contributed by atoms with Crippen molar-refractivity contribution in [3.63, 3.8) is 0 Å². The molecule has 0 bridgehead atoms. The van der Waals surface area contributed by atoms with Gasteiger partial charge < -0.3 is 15.0 Å². The lowest BCUT2D eigenvalue weighted by atomic mass is 9.64. The molecule has 1 heterocycles. The molecule has 4 nitrogen and oxygen atoms in total.